The van der Waals surface area contributed by atoms with E-state index in [-0.39, 0.29) is 11.9 Å². The average molecular weight is 279 g/mol. The highest BCUT2D eigenvalue weighted by atomic mass is 16.5. The van der Waals surface area contributed by atoms with Gasteiger partial charge in [0.2, 0.25) is 5.88 Å². The largest absolute Gasteiger partial charge is 0.481 e. The quantitative estimate of drug-likeness (QED) is 0.852. The van der Waals surface area contributed by atoms with Gasteiger partial charge in [-0.2, -0.15) is 0 Å². The number of methoxy groups -OCH3 is 1. The lowest BCUT2D eigenvalue weighted by Gasteiger charge is -2.29. The minimum absolute atomic E-state index is 0.0831. The van der Waals surface area contributed by atoms with Crippen molar-refractivity contribution in [3.63, 3.8) is 0 Å². The van der Waals surface area contributed by atoms with Crippen molar-refractivity contribution in [3.05, 3.63) is 23.9 Å². The summed E-state index contributed by atoms with van der Waals surface area (Å²) in [6.45, 7) is 6.21. The fraction of sp³-hybridized carbons (Fsp3) is 0.571. The second-order valence-corrected chi connectivity index (χ2v) is 4.87. The molecule has 6 nitrogen and oxygen atoms in total. The van der Waals surface area contributed by atoms with E-state index >= 15 is 0 Å². The number of pyridine rings is 1. The molecule has 1 atom stereocenters. The summed E-state index contributed by atoms with van der Waals surface area (Å²) in [6, 6.07) is 3.40. The summed E-state index contributed by atoms with van der Waals surface area (Å²) in [6.07, 6.45) is 1.57. The van der Waals surface area contributed by atoms with Crippen LogP contribution in [0, 0.1) is 0 Å². The van der Waals surface area contributed by atoms with Crippen molar-refractivity contribution in [3.8, 4) is 5.88 Å². The standard InChI is InChI=1S/C14H21N3O3/c1-11(10-17-5-7-20-8-6-17)16-14(18)12-3-4-15-13(9-12)19-2/h3-4,9,11H,5-8,10H2,1-2H3,(H,16,18). The van der Waals surface area contributed by atoms with Crippen LogP contribution in [0.3, 0.4) is 0 Å². The van der Waals surface area contributed by atoms with E-state index in [1.54, 1.807) is 18.3 Å². The van der Waals surface area contributed by atoms with Gasteiger partial charge in [0, 0.05) is 43.5 Å². The number of carbonyl (C=O) groups excluding carboxylic acids is 1. The molecule has 2 heterocycles. The third-order valence-corrected chi connectivity index (χ3v) is 3.22. The molecule has 1 N–H and O–H groups in total. The van der Waals surface area contributed by atoms with E-state index in [9.17, 15) is 4.79 Å². The summed E-state index contributed by atoms with van der Waals surface area (Å²) in [5.41, 5.74) is 0.561. The van der Waals surface area contributed by atoms with E-state index in [0.29, 0.717) is 11.4 Å². The summed E-state index contributed by atoms with van der Waals surface area (Å²) in [5.74, 6) is 0.338. The Morgan fingerprint density at radius 2 is 2.30 bits per heavy atom. The third-order valence-electron chi connectivity index (χ3n) is 3.22. The first-order valence-electron chi connectivity index (χ1n) is 6.80. The first-order chi connectivity index (χ1) is 9.69. The van der Waals surface area contributed by atoms with Crippen molar-refractivity contribution in [1.82, 2.24) is 15.2 Å². The van der Waals surface area contributed by atoms with Crippen LogP contribution in [0.1, 0.15) is 17.3 Å². The zero-order valence-corrected chi connectivity index (χ0v) is 12.0. The molecular weight excluding hydrogens is 258 g/mol. The Balaban J connectivity index is 1.86. The first-order valence-corrected chi connectivity index (χ1v) is 6.80. The molecule has 0 bridgehead atoms. The van der Waals surface area contributed by atoms with Gasteiger partial charge in [-0.3, -0.25) is 9.69 Å². The number of ether oxygens (including phenoxy) is 2. The Morgan fingerprint density at radius 1 is 1.55 bits per heavy atom. The summed E-state index contributed by atoms with van der Waals surface area (Å²) in [4.78, 5) is 18.4. The molecule has 1 fully saturated rings. The Bertz CT molecular complexity index is 447. The molecule has 1 aliphatic heterocycles. The van der Waals surface area contributed by atoms with Gasteiger partial charge in [0.15, 0.2) is 0 Å². The van der Waals surface area contributed by atoms with Crippen molar-refractivity contribution < 1.29 is 14.3 Å². The van der Waals surface area contributed by atoms with E-state index in [0.717, 1.165) is 32.8 Å². The maximum Gasteiger partial charge on any atom is 0.251 e. The third kappa shape index (κ3) is 4.18. The number of hydrogen-bond donors (Lipinski definition) is 1. The average Bonchev–Trinajstić information content (AvgIpc) is 2.48. The predicted molar refractivity (Wildman–Crippen MR) is 75.0 cm³/mol. The monoisotopic (exact) mass is 279 g/mol. The minimum atomic E-state index is -0.105. The lowest BCUT2D eigenvalue weighted by atomic mass is 10.2. The number of morpholine rings is 1. The molecule has 0 spiro atoms. The Morgan fingerprint density at radius 3 is 3.00 bits per heavy atom. The van der Waals surface area contributed by atoms with E-state index in [1.807, 2.05) is 6.92 Å². The molecule has 1 aromatic rings. The van der Waals surface area contributed by atoms with Gasteiger partial charge in [0.05, 0.1) is 20.3 Å². The molecule has 1 aliphatic rings. The van der Waals surface area contributed by atoms with Crippen LogP contribution in [-0.4, -0.2) is 61.8 Å². The van der Waals surface area contributed by atoms with E-state index < -0.39 is 0 Å². The number of aromatic nitrogens is 1. The van der Waals surface area contributed by atoms with Crippen LogP contribution in [-0.2, 0) is 4.74 Å². The fourth-order valence-corrected chi connectivity index (χ4v) is 2.19. The van der Waals surface area contributed by atoms with Crippen LogP contribution in [0.2, 0.25) is 0 Å². The van der Waals surface area contributed by atoms with Crippen molar-refractivity contribution in [2.75, 3.05) is 40.0 Å². The van der Waals surface area contributed by atoms with Gasteiger partial charge in [-0.1, -0.05) is 0 Å². The van der Waals surface area contributed by atoms with Gasteiger partial charge in [-0.15, -0.1) is 0 Å². The fourth-order valence-electron chi connectivity index (χ4n) is 2.19. The van der Waals surface area contributed by atoms with E-state index in [2.05, 4.69) is 15.2 Å². The van der Waals surface area contributed by atoms with E-state index in [1.165, 1.54) is 7.11 Å². The van der Waals surface area contributed by atoms with Crippen LogP contribution in [0.15, 0.2) is 18.3 Å². The van der Waals surface area contributed by atoms with Gasteiger partial charge < -0.3 is 14.8 Å². The van der Waals surface area contributed by atoms with Gasteiger partial charge in [-0.05, 0) is 13.0 Å². The first kappa shape index (κ1) is 14.7. The molecule has 1 aromatic heterocycles. The Kier molecular flexibility index (Phi) is 5.31. The number of amides is 1. The molecule has 1 amide bonds. The molecule has 6 heteroatoms. The van der Waals surface area contributed by atoms with Crippen LogP contribution in [0.5, 0.6) is 5.88 Å². The van der Waals surface area contributed by atoms with Crippen molar-refractivity contribution in [2.24, 2.45) is 0 Å². The SMILES string of the molecule is COc1cc(C(=O)NC(C)CN2CCOCC2)ccn1. The molecule has 0 saturated carbocycles. The molecule has 0 aromatic carbocycles. The van der Waals surface area contributed by atoms with Gasteiger partial charge in [0.25, 0.3) is 5.91 Å². The van der Waals surface area contributed by atoms with Crippen LogP contribution < -0.4 is 10.1 Å². The predicted octanol–water partition coefficient (Wildman–Crippen LogP) is 0.541. The topological polar surface area (TPSA) is 63.7 Å². The smallest absolute Gasteiger partial charge is 0.251 e. The number of hydrogen-bond acceptors (Lipinski definition) is 5. The van der Waals surface area contributed by atoms with Crippen LogP contribution in [0.25, 0.3) is 0 Å². The zero-order chi connectivity index (χ0) is 14.4. The highest BCUT2D eigenvalue weighted by molar-refractivity contribution is 5.94. The summed E-state index contributed by atoms with van der Waals surface area (Å²) in [5, 5.41) is 2.99. The number of nitrogens with one attached hydrogen (secondary N) is 1. The molecule has 20 heavy (non-hydrogen) atoms. The Labute approximate surface area is 119 Å². The Hall–Kier alpha value is -1.66. The minimum Gasteiger partial charge on any atom is -0.481 e. The molecule has 2 rings (SSSR count). The van der Waals surface area contributed by atoms with Crippen LogP contribution in [0.4, 0.5) is 0 Å². The molecule has 0 aliphatic carbocycles. The molecule has 1 saturated heterocycles. The van der Waals surface area contributed by atoms with Crippen molar-refractivity contribution >= 4 is 5.91 Å². The van der Waals surface area contributed by atoms with E-state index in [4.69, 9.17) is 9.47 Å². The maximum absolute atomic E-state index is 12.1. The number of nitrogens with zero attached hydrogens (tertiary/aromatic N) is 2. The molecular formula is C14H21N3O3. The number of rotatable bonds is 5. The zero-order valence-electron chi connectivity index (χ0n) is 12.0. The van der Waals surface area contributed by atoms with Crippen molar-refractivity contribution in [1.29, 1.82) is 0 Å². The lowest BCUT2D eigenvalue weighted by molar-refractivity contribution is 0.0342. The lowest BCUT2D eigenvalue weighted by Crippen LogP contribution is -2.46. The number of carbonyl (C=O) groups is 1. The second-order valence-electron chi connectivity index (χ2n) is 4.87. The normalized spacial score (nSPS) is 17.5. The molecule has 1 unspecified atom stereocenters. The second kappa shape index (κ2) is 7.21. The van der Waals surface area contributed by atoms with Gasteiger partial charge in [-0.25, -0.2) is 4.98 Å². The van der Waals surface area contributed by atoms with Gasteiger partial charge in [0.1, 0.15) is 0 Å². The summed E-state index contributed by atoms with van der Waals surface area (Å²) < 4.78 is 10.3. The maximum atomic E-state index is 12.1. The molecule has 110 valence electrons. The summed E-state index contributed by atoms with van der Waals surface area (Å²) in [7, 11) is 1.53. The highest BCUT2D eigenvalue weighted by Gasteiger charge is 2.16. The molecule has 0 radical (unpaired) electrons. The van der Waals surface area contributed by atoms with Crippen molar-refractivity contribution in [2.45, 2.75) is 13.0 Å². The van der Waals surface area contributed by atoms with Gasteiger partial charge >= 0.3 is 0 Å². The van der Waals surface area contributed by atoms with Crippen LogP contribution >= 0.6 is 0 Å². The summed E-state index contributed by atoms with van der Waals surface area (Å²) >= 11 is 0. The highest BCUT2D eigenvalue weighted by Crippen LogP contribution is 2.08.